The average molecular weight is 436 g/mol. The molecule has 0 bridgehead atoms. The molecule has 0 saturated heterocycles. The molecule has 4 rings (SSSR count). The van der Waals surface area contributed by atoms with Crippen LogP contribution in [0.3, 0.4) is 0 Å². The predicted octanol–water partition coefficient (Wildman–Crippen LogP) is 5.23. The lowest BCUT2D eigenvalue weighted by Crippen LogP contribution is -2.33. The van der Waals surface area contributed by atoms with Crippen LogP contribution in [0.15, 0.2) is 42.4 Å². The van der Waals surface area contributed by atoms with Gasteiger partial charge in [-0.3, -0.25) is 0 Å². The van der Waals surface area contributed by atoms with E-state index in [2.05, 4.69) is 51.2 Å². The van der Waals surface area contributed by atoms with E-state index in [0.29, 0.717) is 17.1 Å². The van der Waals surface area contributed by atoms with Crippen molar-refractivity contribution in [3.05, 3.63) is 59.1 Å². The maximum Gasteiger partial charge on any atom is 0.503 e. The molecule has 2 aromatic rings. The molecule has 0 spiro atoms. The molecule has 0 unspecified atom stereocenters. The minimum Gasteiger partial charge on any atom is -0.496 e. The molecule has 6 nitrogen and oxygen atoms in total. The topological polar surface area (TPSA) is 70.8 Å². The van der Waals surface area contributed by atoms with Crippen molar-refractivity contribution in [2.24, 2.45) is 0 Å². The predicted molar refractivity (Wildman–Crippen MR) is 125 cm³/mol. The first-order chi connectivity index (χ1) is 15.1. The Balaban J connectivity index is 1.93. The van der Waals surface area contributed by atoms with Gasteiger partial charge in [0, 0.05) is 0 Å². The van der Waals surface area contributed by atoms with Crippen LogP contribution < -0.4 is 14.8 Å². The Morgan fingerprint density at radius 1 is 1.00 bits per heavy atom. The van der Waals surface area contributed by atoms with E-state index in [9.17, 15) is 9.90 Å². The third-order valence-electron chi connectivity index (χ3n) is 6.72. The first-order valence-corrected chi connectivity index (χ1v) is 10.8. The molecule has 0 radical (unpaired) electrons. The standard InChI is InChI=1S/C26H30N2O4/c1-25(2)11-12-26(3,4)19-13-16(7-9-18(19)25)22-20(31-5)10-8-17(23(22)32-6)14-28-15-21(29)27-24(28)30/h7-10,13-15H,11-12H2,1-6H3,(H-,27,29,30)/p+1. The number of carbonyl (C=O) groups is 1. The molecule has 168 valence electrons. The minimum atomic E-state index is -0.431. The quantitative estimate of drug-likeness (QED) is 0.645. The van der Waals surface area contributed by atoms with E-state index in [1.54, 1.807) is 20.4 Å². The maximum absolute atomic E-state index is 12.1. The number of amides is 2. The van der Waals surface area contributed by atoms with Gasteiger partial charge in [-0.15, -0.1) is 0 Å². The molecule has 1 aliphatic heterocycles. The molecule has 0 aromatic heterocycles. The molecular formula is C26H31N2O4+. The van der Waals surface area contributed by atoms with Gasteiger partial charge in [0.25, 0.3) is 0 Å². The molecular weight excluding hydrogens is 404 g/mol. The molecule has 0 atom stereocenters. The number of aliphatic hydroxyl groups is 1. The van der Waals surface area contributed by atoms with Gasteiger partial charge in [-0.05, 0) is 52.5 Å². The molecule has 6 heteroatoms. The van der Waals surface area contributed by atoms with Gasteiger partial charge in [-0.25, -0.2) is 0 Å². The van der Waals surface area contributed by atoms with E-state index in [1.165, 1.54) is 21.9 Å². The Bertz CT molecular complexity index is 1160. The zero-order valence-electron chi connectivity index (χ0n) is 19.6. The Morgan fingerprint density at radius 3 is 2.28 bits per heavy atom. The molecule has 2 N–H and O–H groups in total. The molecule has 2 amide bonds. The maximum atomic E-state index is 12.1. The number of aliphatic hydroxyl groups excluding tert-OH is 1. The van der Waals surface area contributed by atoms with Crippen molar-refractivity contribution in [3.8, 4) is 22.6 Å². The van der Waals surface area contributed by atoms with Gasteiger partial charge in [0.1, 0.15) is 17.7 Å². The molecule has 2 aliphatic rings. The van der Waals surface area contributed by atoms with Gasteiger partial charge >= 0.3 is 11.9 Å². The number of fused-ring (bicyclic) bond motifs is 1. The second-order valence-electron chi connectivity index (χ2n) is 9.77. The summed E-state index contributed by atoms with van der Waals surface area (Å²) in [5, 5.41) is 12.0. The van der Waals surface area contributed by atoms with Gasteiger partial charge in [0.15, 0.2) is 6.20 Å². The number of methoxy groups -OCH3 is 2. The molecule has 32 heavy (non-hydrogen) atoms. The fraction of sp³-hybridized carbons (Fsp3) is 0.385. The summed E-state index contributed by atoms with van der Waals surface area (Å²) in [7, 11) is 3.25. The van der Waals surface area contributed by atoms with Gasteiger partial charge in [0.2, 0.25) is 0 Å². The second-order valence-corrected chi connectivity index (χ2v) is 9.77. The zero-order chi connectivity index (χ0) is 23.3. The van der Waals surface area contributed by atoms with E-state index in [0.717, 1.165) is 24.0 Å². The van der Waals surface area contributed by atoms with E-state index < -0.39 is 6.03 Å². The summed E-state index contributed by atoms with van der Waals surface area (Å²) in [6, 6.07) is 9.89. The van der Waals surface area contributed by atoms with Crippen molar-refractivity contribution in [2.45, 2.75) is 51.4 Å². The van der Waals surface area contributed by atoms with Gasteiger partial charge in [-0.1, -0.05) is 45.9 Å². The van der Waals surface area contributed by atoms with Crippen molar-refractivity contribution < 1.29 is 24.0 Å². The van der Waals surface area contributed by atoms with Crippen LogP contribution in [0.5, 0.6) is 11.5 Å². The molecule has 1 aliphatic carbocycles. The lowest BCUT2D eigenvalue weighted by molar-refractivity contribution is -0.336. The van der Waals surface area contributed by atoms with E-state index in [1.807, 2.05) is 12.1 Å². The van der Waals surface area contributed by atoms with Crippen molar-refractivity contribution in [1.29, 1.82) is 0 Å². The first-order valence-electron chi connectivity index (χ1n) is 10.8. The van der Waals surface area contributed by atoms with E-state index in [4.69, 9.17) is 9.47 Å². The van der Waals surface area contributed by atoms with Crippen molar-refractivity contribution in [2.75, 3.05) is 14.2 Å². The monoisotopic (exact) mass is 435 g/mol. The highest BCUT2D eigenvalue weighted by Gasteiger charge is 2.37. The van der Waals surface area contributed by atoms with Gasteiger partial charge in [-0.2, -0.15) is 14.7 Å². The third kappa shape index (κ3) is 3.64. The van der Waals surface area contributed by atoms with Crippen molar-refractivity contribution in [1.82, 2.24) is 5.32 Å². The largest absolute Gasteiger partial charge is 0.503 e. The van der Waals surface area contributed by atoms with Crippen LogP contribution in [-0.2, 0) is 10.8 Å². The smallest absolute Gasteiger partial charge is 0.496 e. The SMILES string of the molecule is COc1ccc(C=[N+]2C=C(O)NC2=O)c(OC)c1-c1ccc2c(c1)C(C)(C)CCC2(C)C. The first kappa shape index (κ1) is 21.9. The number of rotatable bonds is 4. The number of nitrogens with one attached hydrogen (secondary N) is 1. The summed E-state index contributed by atoms with van der Waals surface area (Å²) in [5.41, 5.74) is 5.46. The average Bonchev–Trinajstić information content (AvgIpc) is 3.07. The Labute approximate surface area is 189 Å². The highest BCUT2D eigenvalue weighted by molar-refractivity contribution is 5.92. The summed E-state index contributed by atoms with van der Waals surface area (Å²) in [6.45, 7) is 9.21. The molecule has 0 fully saturated rings. The van der Waals surface area contributed by atoms with Crippen LogP contribution in [-0.4, -0.2) is 36.1 Å². The minimum absolute atomic E-state index is 0.0705. The fourth-order valence-electron chi connectivity index (χ4n) is 4.73. The summed E-state index contributed by atoms with van der Waals surface area (Å²) in [4.78, 5) is 12.1. The highest BCUT2D eigenvalue weighted by Crippen LogP contribution is 2.48. The van der Waals surface area contributed by atoms with Gasteiger partial charge < -0.3 is 14.6 Å². The number of hydrogen-bond acceptors (Lipinski definition) is 4. The second kappa shape index (κ2) is 7.69. The molecule has 0 saturated carbocycles. The summed E-state index contributed by atoms with van der Waals surface area (Å²) >= 11 is 0. The summed E-state index contributed by atoms with van der Waals surface area (Å²) in [6.07, 6.45) is 5.24. The van der Waals surface area contributed by atoms with E-state index in [-0.39, 0.29) is 16.7 Å². The highest BCUT2D eigenvalue weighted by atomic mass is 16.5. The van der Waals surface area contributed by atoms with Crippen LogP contribution in [0, 0.1) is 0 Å². The number of nitrogens with zero attached hydrogens (tertiary/aromatic N) is 1. The normalized spacial score (nSPS) is 19.9. The summed E-state index contributed by atoms with van der Waals surface area (Å²) < 4.78 is 12.8. The third-order valence-corrected chi connectivity index (χ3v) is 6.72. The molecule has 1 heterocycles. The Kier molecular flexibility index (Phi) is 5.27. The van der Waals surface area contributed by atoms with Crippen LogP contribution in [0.2, 0.25) is 0 Å². The van der Waals surface area contributed by atoms with Crippen molar-refractivity contribution >= 4 is 12.2 Å². The zero-order valence-corrected chi connectivity index (χ0v) is 19.6. The lowest BCUT2D eigenvalue weighted by Gasteiger charge is -2.42. The Hall–Kier alpha value is -3.28. The van der Waals surface area contributed by atoms with Crippen LogP contribution >= 0.6 is 0 Å². The lowest BCUT2D eigenvalue weighted by atomic mass is 9.63. The molecule has 2 aromatic carbocycles. The summed E-state index contributed by atoms with van der Waals surface area (Å²) in [5.74, 6) is 1.10. The number of ether oxygens (including phenoxy) is 2. The number of carbonyl (C=O) groups excluding carboxylic acids is 1. The van der Waals surface area contributed by atoms with Crippen LogP contribution in [0.1, 0.15) is 57.2 Å². The van der Waals surface area contributed by atoms with Crippen LogP contribution in [0.25, 0.3) is 11.1 Å². The number of urea groups is 1. The van der Waals surface area contributed by atoms with Gasteiger partial charge in [0.05, 0.1) is 25.3 Å². The van der Waals surface area contributed by atoms with Crippen molar-refractivity contribution in [3.63, 3.8) is 0 Å². The van der Waals surface area contributed by atoms with Crippen LogP contribution in [0.4, 0.5) is 4.79 Å². The number of hydrogen-bond donors (Lipinski definition) is 2. The van der Waals surface area contributed by atoms with E-state index >= 15 is 0 Å². The Morgan fingerprint density at radius 2 is 1.69 bits per heavy atom. The number of benzene rings is 2. The fourth-order valence-corrected chi connectivity index (χ4v) is 4.73.